The van der Waals surface area contributed by atoms with Crippen LogP contribution in [-0.2, 0) is 15.8 Å². The van der Waals surface area contributed by atoms with Crippen LogP contribution in [0.3, 0.4) is 0 Å². The van der Waals surface area contributed by atoms with Crippen LogP contribution in [0, 0.1) is 5.82 Å². The number of hydrogen-bond donors (Lipinski definition) is 3. The number of benzene rings is 1. The number of amides is 2. The molecule has 5 heterocycles. The summed E-state index contributed by atoms with van der Waals surface area (Å²) >= 11 is 0. The van der Waals surface area contributed by atoms with Gasteiger partial charge in [0, 0.05) is 29.4 Å². The Balaban J connectivity index is 1.28. The number of aromatic nitrogens is 3. The highest BCUT2D eigenvalue weighted by atomic mass is 19.4. The number of nitrogens with zero attached hydrogens (tertiary/aromatic N) is 3. The van der Waals surface area contributed by atoms with Gasteiger partial charge in [-0.2, -0.15) is 13.2 Å². The molecule has 246 valence electrons. The molecule has 1 fully saturated rings. The summed E-state index contributed by atoms with van der Waals surface area (Å²) < 4.78 is 102. The Kier molecular flexibility index (Phi) is 6.49. The van der Waals surface area contributed by atoms with Crippen molar-refractivity contribution in [2.45, 2.75) is 49.2 Å². The van der Waals surface area contributed by atoms with E-state index < -0.39 is 65.7 Å². The zero-order valence-corrected chi connectivity index (χ0v) is 24.1. The van der Waals surface area contributed by atoms with Crippen LogP contribution < -0.4 is 25.3 Å². The molecule has 3 aliphatic rings. The maximum Gasteiger partial charge on any atom is 0.586 e. The first kappa shape index (κ1) is 30.6. The van der Waals surface area contributed by atoms with E-state index in [1.807, 2.05) is 5.32 Å². The number of rotatable bonds is 7. The molecule has 1 aliphatic carbocycles. The second-order valence-electron chi connectivity index (χ2n) is 11.8. The van der Waals surface area contributed by atoms with Gasteiger partial charge in [0.25, 0.3) is 5.91 Å². The number of imidazole rings is 1. The second kappa shape index (κ2) is 9.97. The number of aliphatic hydroxyl groups is 1. The number of primary amides is 1. The van der Waals surface area contributed by atoms with Crippen LogP contribution in [0.15, 0.2) is 42.7 Å². The van der Waals surface area contributed by atoms with Gasteiger partial charge in [-0.25, -0.2) is 14.4 Å². The van der Waals surface area contributed by atoms with Crippen molar-refractivity contribution in [1.82, 2.24) is 19.7 Å². The predicted octanol–water partition coefficient (Wildman–Crippen LogP) is 4.05. The molecule has 2 atom stereocenters. The smallest absolute Gasteiger partial charge is 0.489 e. The summed E-state index contributed by atoms with van der Waals surface area (Å²) in [5, 5.41) is 13.3. The maximum absolute atomic E-state index is 14.8. The van der Waals surface area contributed by atoms with Crippen molar-refractivity contribution in [3.63, 3.8) is 0 Å². The highest BCUT2D eigenvalue weighted by Crippen LogP contribution is 2.50. The maximum atomic E-state index is 14.8. The van der Waals surface area contributed by atoms with Crippen molar-refractivity contribution < 1.29 is 55.2 Å². The first-order valence-corrected chi connectivity index (χ1v) is 14.1. The summed E-state index contributed by atoms with van der Waals surface area (Å²) in [6, 6.07) is 4.85. The highest BCUT2D eigenvalue weighted by Gasteiger charge is 2.58. The zero-order valence-electron chi connectivity index (χ0n) is 24.1. The number of nitrogens with one attached hydrogen (secondary N) is 1. The topological polar surface area (TPSA) is 150 Å². The Bertz CT molecular complexity index is 2000. The van der Waals surface area contributed by atoms with E-state index in [9.17, 15) is 41.0 Å². The Labute approximate surface area is 260 Å². The molecule has 7 rings (SSSR count). The lowest BCUT2D eigenvalue weighted by Gasteiger charge is -2.31. The van der Waals surface area contributed by atoms with Gasteiger partial charge in [0.05, 0.1) is 23.5 Å². The third-order valence-corrected chi connectivity index (χ3v) is 8.47. The van der Waals surface area contributed by atoms with Crippen LogP contribution in [0.25, 0.3) is 16.9 Å². The Morgan fingerprint density at radius 1 is 1.11 bits per heavy atom. The van der Waals surface area contributed by atoms with E-state index in [0.29, 0.717) is 5.69 Å². The van der Waals surface area contributed by atoms with Gasteiger partial charge in [0.1, 0.15) is 23.5 Å². The number of alkyl halides is 5. The number of halogens is 6. The lowest BCUT2D eigenvalue weighted by atomic mass is 9.81. The monoisotopic (exact) mass is 663 g/mol. The molecule has 0 spiro atoms. The summed E-state index contributed by atoms with van der Waals surface area (Å²) in [7, 11) is 0. The fraction of sp³-hybridized carbons (Fsp3) is 0.333. The molecular formula is C30H23F6N5O6. The Morgan fingerprint density at radius 2 is 1.83 bits per heavy atom. The van der Waals surface area contributed by atoms with E-state index in [-0.39, 0.29) is 45.4 Å². The zero-order chi connectivity index (χ0) is 33.7. The van der Waals surface area contributed by atoms with Crippen LogP contribution in [0.2, 0.25) is 0 Å². The van der Waals surface area contributed by atoms with Gasteiger partial charge in [0.2, 0.25) is 11.5 Å². The summed E-state index contributed by atoms with van der Waals surface area (Å²) in [6.07, 6.45) is -5.01. The number of carbonyl (C=O) groups excluding carboxylic acids is 2. The third kappa shape index (κ3) is 4.95. The minimum Gasteiger partial charge on any atom is -0.489 e. The number of ether oxygens (including phenoxy) is 3. The van der Waals surface area contributed by atoms with Crippen molar-refractivity contribution in [3.05, 3.63) is 71.1 Å². The fourth-order valence-corrected chi connectivity index (χ4v) is 5.51. The van der Waals surface area contributed by atoms with Crippen molar-refractivity contribution in [2.75, 3.05) is 13.2 Å². The Morgan fingerprint density at radius 3 is 2.51 bits per heavy atom. The van der Waals surface area contributed by atoms with Gasteiger partial charge in [0.15, 0.2) is 23.0 Å². The number of nitrogens with two attached hydrogens (primary N) is 1. The molecule has 4 aromatic rings. The molecule has 4 N–H and O–H groups in total. The molecule has 0 radical (unpaired) electrons. The minimum atomic E-state index is -5.49. The molecule has 17 heteroatoms. The van der Waals surface area contributed by atoms with Crippen molar-refractivity contribution in [3.8, 4) is 28.5 Å². The van der Waals surface area contributed by atoms with Gasteiger partial charge in [-0.05, 0) is 50.1 Å². The number of fused-ring (bicyclic) bond motifs is 3. The highest BCUT2D eigenvalue weighted by molar-refractivity contribution is 5.94. The third-order valence-electron chi connectivity index (χ3n) is 8.47. The second-order valence-corrected chi connectivity index (χ2v) is 11.8. The minimum absolute atomic E-state index is 0.0583. The molecule has 1 unspecified atom stereocenters. The SMILES string of the molecule is C[C@]1(C(N)=O)COc2c1cc(C(O)(CNC(=O)c1cc(F)c3nc(C4CC4)cn3c1)C(F)(F)F)nc2-c1ccc2c(c1)OC(F)(F)O2. The fourth-order valence-electron chi connectivity index (χ4n) is 5.51. The summed E-state index contributed by atoms with van der Waals surface area (Å²) in [4.78, 5) is 33.7. The van der Waals surface area contributed by atoms with Crippen LogP contribution in [0.4, 0.5) is 26.3 Å². The quantitative estimate of drug-likeness (QED) is 0.251. The van der Waals surface area contributed by atoms with E-state index in [4.69, 9.17) is 10.5 Å². The molecule has 0 bridgehead atoms. The molecule has 0 saturated heterocycles. The van der Waals surface area contributed by atoms with Gasteiger partial charge in [-0.3, -0.25) is 9.59 Å². The molecule has 47 heavy (non-hydrogen) atoms. The van der Waals surface area contributed by atoms with E-state index in [1.54, 1.807) is 0 Å². The van der Waals surface area contributed by atoms with Gasteiger partial charge in [-0.15, -0.1) is 8.78 Å². The van der Waals surface area contributed by atoms with Crippen molar-refractivity contribution in [2.24, 2.45) is 5.73 Å². The molecule has 3 aromatic heterocycles. The van der Waals surface area contributed by atoms with Crippen LogP contribution in [-0.4, -0.2) is 56.9 Å². The Hall–Kier alpha value is -5.06. The lowest BCUT2D eigenvalue weighted by Crippen LogP contribution is -2.51. The first-order valence-electron chi connectivity index (χ1n) is 14.1. The lowest BCUT2D eigenvalue weighted by molar-refractivity contribution is -0.286. The van der Waals surface area contributed by atoms with Crippen molar-refractivity contribution >= 4 is 17.5 Å². The predicted molar refractivity (Wildman–Crippen MR) is 147 cm³/mol. The van der Waals surface area contributed by atoms with E-state index >= 15 is 0 Å². The number of hydrogen-bond acceptors (Lipinski definition) is 8. The molecule has 1 saturated carbocycles. The molecule has 1 aromatic carbocycles. The van der Waals surface area contributed by atoms with E-state index in [2.05, 4.69) is 19.4 Å². The molecule has 2 amide bonds. The van der Waals surface area contributed by atoms with Crippen LogP contribution in [0.5, 0.6) is 17.2 Å². The summed E-state index contributed by atoms with van der Waals surface area (Å²) in [5.41, 5.74) is -1.53. The molecule has 2 aliphatic heterocycles. The average Bonchev–Trinajstić information content (AvgIpc) is 3.54. The molecular weight excluding hydrogens is 640 g/mol. The van der Waals surface area contributed by atoms with Gasteiger partial charge in [-0.1, -0.05) is 0 Å². The normalized spacial score (nSPS) is 20.9. The van der Waals surface area contributed by atoms with E-state index in [0.717, 1.165) is 37.1 Å². The standard InChI is InChI=1S/C30H23F6N5O6/c1-27(26(37)43)12-45-23-16(27)8-21(40-22(23)14-4-5-19-20(7-14)47-30(35,36)46-19)28(44,29(32,33)34)11-38-25(42)15-6-17(31)24-39-18(13-2-3-13)10-41(24)9-15/h4-10,13,44H,2-3,11-12H2,1H3,(H2,37,43)(H,38,42)/t27-,28?/m0/s1. The van der Waals surface area contributed by atoms with Gasteiger partial charge >= 0.3 is 12.5 Å². The van der Waals surface area contributed by atoms with Crippen molar-refractivity contribution in [1.29, 1.82) is 0 Å². The number of carbonyl (C=O) groups is 2. The van der Waals surface area contributed by atoms with Crippen LogP contribution >= 0.6 is 0 Å². The van der Waals surface area contributed by atoms with Gasteiger partial charge < -0.3 is 34.8 Å². The largest absolute Gasteiger partial charge is 0.586 e. The first-order chi connectivity index (χ1) is 22.0. The average molecular weight is 664 g/mol. The summed E-state index contributed by atoms with van der Waals surface area (Å²) in [5.74, 6) is -3.86. The molecule has 11 nitrogen and oxygen atoms in total. The van der Waals surface area contributed by atoms with Crippen LogP contribution in [0.1, 0.15) is 53.0 Å². The van der Waals surface area contributed by atoms with E-state index in [1.165, 1.54) is 29.8 Å². The summed E-state index contributed by atoms with van der Waals surface area (Å²) in [6.45, 7) is -0.609. The number of pyridine rings is 2.